The third-order valence-electron chi connectivity index (χ3n) is 7.15. The van der Waals surface area contributed by atoms with Gasteiger partial charge in [-0.15, -0.1) is 0 Å². The van der Waals surface area contributed by atoms with E-state index in [1.807, 2.05) is 53.4 Å². The van der Waals surface area contributed by atoms with E-state index in [2.05, 4.69) is 9.88 Å². The van der Waals surface area contributed by atoms with Gasteiger partial charge >= 0.3 is 0 Å². The highest BCUT2D eigenvalue weighted by Crippen LogP contribution is 2.31. The van der Waals surface area contributed by atoms with Crippen molar-refractivity contribution in [2.75, 3.05) is 39.4 Å². The van der Waals surface area contributed by atoms with Gasteiger partial charge in [-0.25, -0.2) is 4.98 Å². The Kier molecular flexibility index (Phi) is 5.47. The number of amides is 2. The summed E-state index contributed by atoms with van der Waals surface area (Å²) in [6.45, 7) is 4.85. The molecule has 178 valence electrons. The topological polar surface area (TPSA) is 105 Å². The Morgan fingerprint density at radius 1 is 1.03 bits per heavy atom. The van der Waals surface area contributed by atoms with Crippen molar-refractivity contribution in [3.05, 3.63) is 65.7 Å². The number of likely N-dealkylation sites (tertiary alicyclic amines) is 1. The Balaban J connectivity index is 1.34. The maximum Gasteiger partial charge on any atom is 0.253 e. The number of ether oxygens (including phenoxy) is 1. The predicted octanol–water partition coefficient (Wildman–Crippen LogP) is 3.03. The van der Waals surface area contributed by atoms with Gasteiger partial charge in [0.15, 0.2) is 0 Å². The Morgan fingerprint density at radius 2 is 1.83 bits per heavy atom. The van der Waals surface area contributed by atoms with Gasteiger partial charge in [0.25, 0.3) is 11.8 Å². The standard InChI is InChI=1S/C27H27N5O3/c28-26(33)21-15-22(17-4-2-1-3-5-17)29-24-20-7-6-18(14-23(20)30-25(21)24)27(34)32-9-8-19(16-32)31-10-12-35-13-11-31/h1-7,14-15,19,30H,8-13,16H2,(H2,28,33)/t19-/m1/s1. The van der Waals surface area contributed by atoms with Crippen LogP contribution in [0.1, 0.15) is 27.1 Å². The number of benzene rings is 2. The molecule has 35 heavy (non-hydrogen) atoms. The summed E-state index contributed by atoms with van der Waals surface area (Å²) in [7, 11) is 0. The summed E-state index contributed by atoms with van der Waals surface area (Å²) in [5.74, 6) is -0.502. The average Bonchev–Trinajstić information content (AvgIpc) is 3.53. The predicted molar refractivity (Wildman–Crippen MR) is 134 cm³/mol. The largest absolute Gasteiger partial charge is 0.379 e. The monoisotopic (exact) mass is 469 g/mol. The number of hydrogen-bond acceptors (Lipinski definition) is 5. The first-order valence-corrected chi connectivity index (χ1v) is 12.0. The minimum atomic E-state index is -0.524. The summed E-state index contributed by atoms with van der Waals surface area (Å²) in [5.41, 5.74) is 10.3. The van der Waals surface area contributed by atoms with Gasteiger partial charge in [0.1, 0.15) is 0 Å². The molecule has 8 nitrogen and oxygen atoms in total. The number of nitrogens with two attached hydrogens (primary N) is 1. The van der Waals surface area contributed by atoms with E-state index in [1.165, 1.54) is 0 Å². The molecule has 8 heteroatoms. The lowest BCUT2D eigenvalue weighted by atomic mass is 10.1. The summed E-state index contributed by atoms with van der Waals surface area (Å²) in [6.07, 6.45) is 0.981. The second kappa shape index (κ2) is 8.79. The van der Waals surface area contributed by atoms with Gasteiger partial charge in [-0.3, -0.25) is 14.5 Å². The second-order valence-corrected chi connectivity index (χ2v) is 9.24. The number of morpholine rings is 1. The van der Waals surface area contributed by atoms with E-state index in [0.717, 1.165) is 62.3 Å². The van der Waals surface area contributed by atoms with Crippen LogP contribution in [-0.4, -0.2) is 77.0 Å². The van der Waals surface area contributed by atoms with Crippen molar-refractivity contribution in [2.45, 2.75) is 12.5 Å². The first-order chi connectivity index (χ1) is 17.1. The molecule has 0 spiro atoms. The highest BCUT2D eigenvalue weighted by atomic mass is 16.5. The van der Waals surface area contributed by atoms with E-state index in [4.69, 9.17) is 15.5 Å². The summed E-state index contributed by atoms with van der Waals surface area (Å²) in [4.78, 5) is 38.1. The van der Waals surface area contributed by atoms with Crippen LogP contribution in [0.25, 0.3) is 33.2 Å². The van der Waals surface area contributed by atoms with Crippen molar-refractivity contribution in [3.8, 4) is 11.3 Å². The van der Waals surface area contributed by atoms with Crippen LogP contribution in [-0.2, 0) is 4.74 Å². The molecule has 2 saturated heterocycles. The van der Waals surface area contributed by atoms with Crippen LogP contribution < -0.4 is 5.73 Å². The lowest BCUT2D eigenvalue weighted by Crippen LogP contribution is -2.45. The summed E-state index contributed by atoms with van der Waals surface area (Å²) in [5, 5.41) is 0.851. The Labute approximate surface area is 202 Å². The summed E-state index contributed by atoms with van der Waals surface area (Å²) >= 11 is 0. The van der Waals surface area contributed by atoms with E-state index < -0.39 is 5.91 Å². The summed E-state index contributed by atoms with van der Waals surface area (Å²) < 4.78 is 5.46. The molecular formula is C27H27N5O3. The number of hydrogen-bond donors (Lipinski definition) is 2. The smallest absolute Gasteiger partial charge is 0.253 e. The van der Waals surface area contributed by atoms with Crippen LogP contribution in [0.2, 0.25) is 0 Å². The number of H-pyrrole nitrogens is 1. The van der Waals surface area contributed by atoms with E-state index in [1.54, 1.807) is 6.07 Å². The van der Waals surface area contributed by atoms with Crippen molar-refractivity contribution in [1.82, 2.24) is 19.8 Å². The molecule has 2 aromatic carbocycles. The molecule has 4 aromatic rings. The minimum Gasteiger partial charge on any atom is -0.379 e. The van der Waals surface area contributed by atoms with E-state index in [9.17, 15) is 9.59 Å². The highest BCUT2D eigenvalue weighted by Gasteiger charge is 2.31. The lowest BCUT2D eigenvalue weighted by molar-refractivity contribution is 0.0185. The molecule has 0 radical (unpaired) electrons. The highest BCUT2D eigenvalue weighted by molar-refractivity contribution is 6.14. The minimum absolute atomic E-state index is 0.0226. The molecule has 2 aliphatic heterocycles. The zero-order chi connectivity index (χ0) is 23.9. The fraction of sp³-hybridized carbons (Fsp3) is 0.296. The third-order valence-corrected chi connectivity index (χ3v) is 7.15. The number of carbonyl (C=O) groups is 2. The lowest BCUT2D eigenvalue weighted by Gasteiger charge is -2.32. The molecule has 0 aliphatic carbocycles. The van der Waals surface area contributed by atoms with Crippen LogP contribution in [0.3, 0.4) is 0 Å². The quantitative estimate of drug-likeness (QED) is 0.478. The molecule has 2 aromatic heterocycles. The molecule has 0 bridgehead atoms. The average molecular weight is 470 g/mol. The first-order valence-electron chi connectivity index (χ1n) is 12.0. The molecule has 6 rings (SSSR count). The molecular weight excluding hydrogens is 442 g/mol. The van der Waals surface area contributed by atoms with Gasteiger partial charge in [0, 0.05) is 54.3 Å². The molecule has 2 amide bonds. The van der Waals surface area contributed by atoms with Gasteiger partial charge in [-0.05, 0) is 30.7 Å². The molecule has 1 atom stereocenters. The van der Waals surface area contributed by atoms with Crippen molar-refractivity contribution < 1.29 is 14.3 Å². The maximum atomic E-state index is 13.3. The van der Waals surface area contributed by atoms with Crippen molar-refractivity contribution in [1.29, 1.82) is 0 Å². The van der Waals surface area contributed by atoms with Crippen molar-refractivity contribution in [3.63, 3.8) is 0 Å². The fourth-order valence-corrected chi connectivity index (χ4v) is 5.29. The number of carbonyl (C=O) groups excluding carboxylic acids is 2. The van der Waals surface area contributed by atoms with Crippen molar-refractivity contribution in [2.24, 2.45) is 5.73 Å². The van der Waals surface area contributed by atoms with E-state index in [0.29, 0.717) is 33.9 Å². The molecule has 0 unspecified atom stereocenters. The number of primary amides is 1. The van der Waals surface area contributed by atoms with Crippen LogP contribution in [0.4, 0.5) is 0 Å². The second-order valence-electron chi connectivity index (χ2n) is 9.24. The van der Waals surface area contributed by atoms with Gasteiger partial charge in [-0.1, -0.05) is 30.3 Å². The number of rotatable bonds is 4. The zero-order valence-electron chi connectivity index (χ0n) is 19.4. The van der Waals surface area contributed by atoms with Gasteiger partial charge in [0.05, 0.1) is 35.5 Å². The molecule has 4 heterocycles. The first kappa shape index (κ1) is 21.8. The van der Waals surface area contributed by atoms with Crippen molar-refractivity contribution >= 4 is 33.8 Å². The van der Waals surface area contributed by atoms with Crippen LogP contribution in [0.5, 0.6) is 0 Å². The van der Waals surface area contributed by atoms with Crippen LogP contribution in [0, 0.1) is 0 Å². The third kappa shape index (κ3) is 3.94. The summed E-state index contributed by atoms with van der Waals surface area (Å²) in [6, 6.07) is 17.4. The number of nitrogens with one attached hydrogen (secondary N) is 1. The molecule has 3 N–H and O–H groups in total. The Bertz CT molecular complexity index is 1430. The van der Waals surface area contributed by atoms with E-state index in [-0.39, 0.29) is 5.91 Å². The van der Waals surface area contributed by atoms with Crippen LogP contribution in [0.15, 0.2) is 54.6 Å². The molecule has 2 fully saturated rings. The number of fused-ring (bicyclic) bond motifs is 3. The molecule has 2 aliphatic rings. The van der Waals surface area contributed by atoms with Gasteiger partial charge in [-0.2, -0.15) is 0 Å². The number of aromatic amines is 1. The zero-order valence-corrected chi connectivity index (χ0v) is 19.4. The van der Waals surface area contributed by atoms with Crippen LogP contribution >= 0.6 is 0 Å². The van der Waals surface area contributed by atoms with Gasteiger partial charge in [0.2, 0.25) is 0 Å². The fourth-order valence-electron chi connectivity index (χ4n) is 5.29. The van der Waals surface area contributed by atoms with E-state index >= 15 is 0 Å². The maximum absolute atomic E-state index is 13.3. The molecule has 0 saturated carbocycles. The Hall–Kier alpha value is -3.75. The number of pyridine rings is 1. The SMILES string of the molecule is NC(=O)c1cc(-c2ccccc2)nc2c1[nH]c1cc(C(=O)N3CC[C@@H](N4CCOCC4)C3)ccc12. The number of aromatic nitrogens is 2. The number of nitrogens with zero attached hydrogens (tertiary/aromatic N) is 3. The van der Waals surface area contributed by atoms with Gasteiger partial charge < -0.3 is 20.4 Å². The Morgan fingerprint density at radius 3 is 2.60 bits per heavy atom. The normalized spacial score (nSPS) is 19.0.